The summed E-state index contributed by atoms with van der Waals surface area (Å²) in [5, 5.41) is 3.74. The second kappa shape index (κ2) is 7.21. The quantitative estimate of drug-likeness (QED) is 0.756. The van der Waals surface area contributed by atoms with Crippen LogP contribution in [-0.4, -0.2) is 30.6 Å². The van der Waals surface area contributed by atoms with Gasteiger partial charge in [-0.05, 0) is 18.6 Å². The number of nitrogens with one attached hydrogen (secondary N) is 1. The van der Waals surface area contributed by atoms with E-state index in [9.17, 15) is 4.79 Å². The maximum absolute atomic E-state index is 12.8. The van der Waals surface area contributed by atoms with Gasteiger partial charge in [0.2, 0.25) is 0 Å². The van der Waals surface area contributed by atoms with Crippen molar-refractivity contribution in [3.05, 3.63) is 53.6 Å². The molecule has 6 heteroatoms. The van der Waals surface area contributed by atoms with E-state index in [-0.39, 0.29) is 5.91 Å². The Morgan fingerprint density at radius 2 is 2.12 bits per heavy atom. The summed E-state index contributed by atoms with van der Waals surface area (Å²) in [5.41, 5.74) is 1.61. The number of aromatic nitrogens is 1. The highest BCUT2D eigenvalue weighted by atomic mass is 32.1. The van der Waals surface area contributed by atoms with E-state index in [1.54, 1.807) is 6.26 Å². The van der Waals surface area contributed by atoms with Crippen LogP contribution in [0.4, 0.5) is 0 Å². The molecule has 4 rings (SSSR count). The van der Waals surface area contributed by atoms with E-state index in [1.165, 1.54) is 11.3 Å². The first kappa shape index (κ1) is 16.1. The summed E-state index contributed by atoms with van der Waals surface area (Å²) in [5.74, 6) is 0.966. The molecular formula is C19H18N2O3S. The largest absolute Gasteiger partial charge is 0.462 e. The fraction of sp³-hybridized carbons (Fsp3) is 0.263. The van der Waals surface area contributed by atoms with E-state index < -0.39 is 0 Å². The van der Waals surface area contributed by atoms with Crippen LogP contribution < -0.4 is 5.32 Å². The molecule has 1 amide bonds. The van der Waals surface area contributed by atoms with Crippen molar-refractivity contribution in [2.75, 3.05) is 19.8 Å². The number of thiazole rings is 1. The van der Waals surface area contributed by atoms with Crippen LogP contribution in [0.5, 0.6) is 0 Å². The fourth-order valence-electron chi connectivity index (χ4n) is 2.83. The van der Waals surface area contributed by atoms with Crippen LogP contribution >= 0.6 is 11.3 Å². The van der Waals surface area contributed by atoms with Gasteiger partial charge in [-0.1, -0.05) is 30.3 Å². The summed E-state index contributed by atoms with van der Waals surface area (Å²) in [6.07, 6.45) is 2.60. The van der Waals surface area contributed by atoms with Crippen molar-refractivity contribution in [1.29, 1.82) is 0 Å². The van der Waals surface area contributed by atoms with Gasteiger partial charge >= 0.3 is 0 Å². The van der Waals surface area contributed by atoms with Gasteiger partial charge in [-0.3, -0.25) is 4.79 Å². The van der Waals surface area contributed by atoms with Gasteiger partial charge < -0.3 is 14.5 Å². The fourth-order valence-corrected chi connectivity index (χ4v) is 3.81. The van der Waals surface area contributed by atoms with Crippen LogP contribution in [0.3, 0.4) is 0 Å². The zero-order valence-corrected chi connectivity index (χ0v) is 14.4. The molecule has 0 unspecified atom stereocenters. The van der Waals surface area contributed by atoms with Crippen LogP contribution in [-0.2, 0) is 4.74 Å². The van der Waals surface area contributed by atoms with Crippen molar-refractivity contribution < 1.29 is 13.9 Å². The number of carbonyl (C=O) groups is 1. The van der Waals surface area contributed by atoms with Gasteiger partial charge in [0.1, 0.15) is 4.88 Å². The van der Waals surface area contributed by atoms with Gasteiger partial charge in [0.25, 0.3) is 5.91 Å². The van der Waals surface area contributed by atoms with Gasteiger partial charge in [0, 0.05) is 24.6 Å². The molecule has 128 valence electrons. The monoisotopic (exact) mass is 354 g/mol. The molecule has 1 aliphatic rings. The first-order valence-corrected chi connectivity index (χ1v) is 9.09. The smallest absolute Gasteiger partial charge is 0.263 e. The van der Waals surface area contributed by atoms with Crippen molar-refractivity contribution in [1.82, 2.24) is 10.3 Å². The molecule has 2 aromatic heterocycles. The van der Waals surface area contributed by atoms with Crippen molar-refractivity contribution in [3.63, 3.8) is 0 Å². The van der Waals surface area contributed by atoms with Crippen LogP contribution in [0.2, 0.25) is 0 Å². The van der Waals surface area contributed by atoms with E-state index in [0.29, 0.717) is 40.4 Å². The van der Waals surface area contributed by atoms with Crippen LogP contribution in [0, 0.1) is 5.92 Å². The number of carbonyl (C=O) groups excluding carboxylic acids is 1. The minimum atomic E-state index is -0.0962. The average molecular weight is 354 g/mol. The Kier molecular flexibility index (Phi) is 4.63. The molecule has 25 heavy (non-hydrogen) atoms. The second-order valence-electron chi connectivity index (χ2n) is 5.98. The summed E-state index contributed by atoms with van der Waals surface area (Å²) in [4.78, 5) is 18.0. The number of rotatable bonds is 5. The van der Waals surface area contributed by atoms with Crippen molar-refractivity contribution in [2.45, 2.75) is 6.42 Å². The van der Waals surface area contributed by atoms with Crippen molar-refractivity contribution >= 4 is 17.2 Å². The molecule has 1 aromatic carbocycles. The third kappa shape index (κ3) is 3.50. The van der Waals surface area contributed by atoms with E-state index >= 15 is 0 Å². The Morgan fingerprint density at radius 1 is 1.24 bits per heavy atom. The summed E-state index contributed by atoms with van der Waals surface area (Å²) >= 11 is 1.35. The van der Waals surface area contributed by atoms with Gasteiger partial charge in [0.05, 0.1) is 18.6 Å². The van der Waals surface area contributed by atoms with Crippen molar-refractivity contribution in [3.8, 4) is 22.0 Å². The summed E-state index contributed by atoms with van der Waals surface area (Å²) in [7, 11) is 0. The molecule has 0 bridgehead atoms. The third-order valence-corrected chi connectivity index (χ3v) is 5.26. The first-order valence-electron chi connectivity index (χ1n) is 8.27. The molecule has 1 N–H and O–H groups in total. The number of nitrogens with zero attached hydrogens (tertiary/aromatic N) is 1. The van der Waals surface area contributed by atoms with Gasteiger partial charge in [0.15, 0.2) is 10.8 Å². The highest BCUT2D eigenvalue weighted by Crippen LogP contribution is 2.34. The molecule has 0 radical (unpaired) electrons. The Balaban J connectivity index is 1.63. The Morgan fingerprint density at radius 3 is 2.84 bits per heavy atom. The summed E-state index contributed by atoms with van der Waals surface area (Å²) < 4.78 is 10.8. The van der Waals surface area contributed by atoms with Crippen LogP contribution in [0.15, 0.2) is 53.1 Å². The number of amides is 1. The zero-order chi connectivity index (χ0) is 17.1. The Bertz CT molecular complexity index is 837. The molecule has 1 saturated heterocycles. The topological polar surface area (TPSA) is 64.4 Å². The lowest BCUT2D eigenvalue weighted by molar-refractivity contribution is 0.0949. The van der Waals surface area contributed by atoms with E-state index in [1.807, 2.05) is 42.5 Å². The van der Waals surface area contributed by atoms with E-state index in [2.05, 4.69) is 10.3 Å². The predicted octanol–water partition coefficient (Wildman–Crippen LogP) is 3.84. The first-order chi connectivity index (χ1) is 12.3. The molecule has 0 spiro atoms. The van der Waals surface area contributed by atoms with Gasteiger partial charge in [-0.2, -0.15) is 0 Å². The molecule has 1 fully saturated rings. The van der Waals surface area contributed by atoms with Crippen molar-refractivity contribution in [2.24, 2.45) is 5.92 Å². The number of furan rings is 1. The van der Waals surface area contributed by atoms with Crippen LogP contribution in [0.1, 0.15) is 16.1 Å². The van der Waals surface area contributed by atoms with Crippen LogP contribution in [0.25, 0.3) is 22.0 Å². The molecular weight excluding hydrogens is 336 g/mol. The maximum atomic E-state index is 12.8. The lowest BCUT2D eigenvalue weighted by Gasteiger charge is -2.09. The number of ether oxygens (including phenoxy) is 1. The van der Waals surface area contributed by atoms with Gasteiger partial charge in [-0.15, -0.1) is 11.3 Å². The van der Waals surface area contributed by atoms with E-state index in [4.69, 9.17) is 9.15 Å². The third-order valence-electron chi connectivity index (χ3n) is 4.19. The summed E-state index contributed by atoms with van der Waals surface area (Å²) in [6.45, 7) is 2.12. The molecule has 3 aromatic rings. The molecule has 5 nitrogen and oxygen atoms in total. The SMILES string of the molecule is O=C(NC[C@@H]1CCOC1)c1sc(-c2ccco2)nc1-c1ccccc1. The normalized spacial score (nSPS) is 16.9. The lowest BCUT2D eigenvalue weighted by Crippen LogP contribution is -2.29. The molecule has 1 aliphatic heterocycles. The molecule has 3 heterocycles. The average Bonchev–Trinajstić information content (AvgIpc) is 3.41. The number of benzene rings is 1. The predicted molar refractivity (Wildman–Crippen MR) is 96.5 cm³/mol. The summed E-state index contributed by atoms with van der Waals surface area (Å²) in [6, 6.07) is 13.4. The number of hydrogen-bond donors (Lipinski definition) is 1. The highest BCUT2D eigenvalue weighted by molar-refractivity contribution is 7.17. The zero-order valence-electron chi connectivity index (χ0n) is 13.6. The minimum absolute atomic E-state index is 0.0962. The Labute approximate surface area is 149 Å². The molecule has 1 atom stereocenters. The molecule has 0 aliphatic carbocycles. The molecule has 0 saturated carbocycles. The number of hydrogen-bond acceptors (Lipinski definition) is 5. The Hall–Kier alpha value is -2.44. The lowest BCUT2D eigenvalue weighted by atomic mass is 10.1. The second-order valence-corrected chi connectivity index (χ2v) is 6.98. The highest BCUT2D eigenvalue weighted by Gasteiger charge is 2.23. The minimum Gasteiger partial charge on any atom is -0.462 e. The van der Waals surface area contributed by atoms with Gasteiger partial charge in [-0.25, -0.2) is 4.98 Å². The van der Waals surface area contributed by atoms with E-state index in [0.717, 1.165) is 18.6 Å². The standard InChI is InChI=1S/C19H18N2O3S/c22-18(20-11-13-8-10-23-12-13)17-16(14-5-2-1-3-6-14)21-19(25-17)15-7-4-9-24-15/h1-7,9,13H,8,10-12H2,(H,20,22)/t13-/m0/s1. The maximum Gasteiger partial charge on any atom is 0.263 e.